The van der Waals surface area contributed by atoms with Gasteiger partial charge in [0.05, 0.1) is 38.1 Å². The van der Waals surface area contributed by atoms with Crippen LogP contribution in [0.25, 0.3) is 0 Å². The normalized spacial score (nSPS) is 23.0. The van der Waals surface area contributed by atoms with Gasteiger partial charge in [-0.15, -0.1) is 0 Å². The summed E-state index contributed by atoms with van der Waals surface area (Å²) in [5.74, 6) is -0.113. The lowest BCUT2D eigenvalue weighted by molar-refractivity contribution is -0.143. The first-order valence-corrected chi connectivity index (χ1v) is 7.92. The van der Waals surface area contributed by atoms with Gasteiger partial charge in [-0.3, -0.25) is 4.79 Å². The fraction of sp³-hybridized carbons (Fsp3) is 0.933. The van der Waals surface area contributed by atoms with Crippen molar-refractivity contribution in [3.63, 3.8) is 0 Å². The number of hydrogen-bond donors (Lipinski definition) is 2. The van der Waals surface area contributed by atoms with Gasteiger partial charge in [-0.05, 0) is 26.7 Å². The van der Waals surface area contributed by atoms with E-state index in [1.165, 1.54) is 4.90 Å². The summed E-state index contributed by atoms with van der Waals surface area (Å²) in [6.45, 7) is 5.66. The van der Waals surface area contributed by atoms with Crippen LogP contribution in [-0.4, -0.2) is 80.3 Å². The van der Waals surface area contributed by atoms with Gasteiger partial charge in [0.2, 0.25) is 0 Å². The largest absolute Gasteiger partial charge is 0.389 e. The van der Waals surface area contributed by atoms with Crippen molar-refractivity contribution >= 4 is 5.91 Å². The number of hydrogen-bond acceptors (Lipinski definition) is 6. The van der Waals surface area contributed by atoms with Crippen LogP contribution in [0, 0.1) is 0 Å². The maximum absolute atomic E-state index is 12.2. The van der Waals surface area contributed by atoms with Gasteiger partial charge >= 0.3 is 0 Å². The second kappa shape index (κ2) is 10.1. The van der Waals surface area contributed by atoms with Gasteiger partial charge in [0.15, 0.2) is 0 Å². The molecular weight excluding hydrogens is 288 g/mol. The highest BCUT2D eigenvalue weighted by Crippen LogP contribution is 2.20. The number of nitrogens with zero attached hydrogens (tertiary/aromatic N) is 1. The number of carbonyl (C=O) groups excluding carboxylic acids is 1. The van der Waals surface area contributed by atoms with Crippen LogP contribution in [0.3, 0.4) is 0 Å². The molecule has 0 aromatic rings. The van der Waals surface area contributed by atoms with Crippen LogP contribution in [0.2, 0.25) is 0 Å². The van der Waals surface area contributed by atoms with E-state index in [1.54, 1.807) is 7.05 Å². The Balaban J connectivity index is 2.17. The Morgan fingerprint density at radius 3 is 2.73 bits per heavy atom. The van der Waals surface area contributed by atoms with Gasteiger partial charge in [-0.1, -0.05) is 0 Å². The summed E-state index contributed by atoms with van der Waals surface area (Å²) in [4.78, 5) is 13.7. The Kier molecular flexibility index (Phi) is 8.89. The van der Waals surface area contributed by atoms with Crippen LogP contribution in [-0.2, 0) is 19.0 Å². The van der Waals surface area contributed by atoms with Crippen LogP contribution in [0.1, 0.15) is 26.7 Å². The summed E-state index contributed by atoms with van der Waals surface area (Å²) < 4.78 is 16.2. The van der Waals surface area contributed by atoms with Gasteiger partial charge < -0.3 is 30.0 Å². The number of aliphatic hydroxyl groups is 1. The monoisotopic (exact) mass is 318 g/mol. The van der Waals surface area contributed by atoms with Gasteiger partial charge in [0, 0.05) is 20.1 Å². The number of ether oxygens (including phenoxy) is 3. The molecule has 7 heteroatoms. The summed E-state index contributed by atoms with van der Waals surface area (Å²) in [6.07, 6.45) is 0.468. The maximum atomic E-state index is 12.2. The van der Waals surface area contributed by atoms with E-state index in [-0.39, 0.29) is 31.3 Å². The predicted molar refractivity (Wildman–Crippen MR) is 82.5 cm³/mol. The zero-order chi connectivity index (χ0) is 16.5. The summed E-state index contributed by atoms with van der Waals surface area (Å²) in [5, 5.41) is 9.90. The van der Waals surface area contributed by atoms with E-state index in [4.69, 9.17) is 19.9 Å². The highest BCUT2D eigenvalue weighted by atomic mass is 16.5. The van der Waals surface area contributed by atoms with Crippen molar-refractivity contribution in [1.29, 1.82) is 0 Å². The number of rotatable bonds is 10. The zero-order valence-corrected chi connectivity index (χ0v) is 13.9. The van der Waals surface area contributed by atoms with Crippen LogP contribution < -0.4 is 5.73 Å². The van der Waals surface area contributed by atoms with Crippen molar-refractivity contribution < 1.29 is 24.1 Å². The summed E-state index contributed by atoms with van der Waals surface area (Å²) in [6, 6.07) is 0. The lowest BCUT2D eigenvalue weighted by atomic mass is 10.2. The average molecular weight is 318 g/mol. The highest BCUT2D eigenvalue weighted by Gasteiger charge is 2.32. The van der Waals surface area contributed by atoms with Crippen molar-refractivity contribution in [2.75, 3.05) is 40.0 Å². The highest BCUT2D eigenvalue weighted by molar-refractivity contribution is 5.81. The molecule has 3 atom stereocenters. The molecule has 1 aliphatic heterocycles. The molecule has 0 aromatic carbocycles. The van der Waals surface area contributed by atoms with E-state index in [1.807, 2.05) is 13.8 Å². The summed E-state index contributed by atoms with van der Waals surface area (Å²) >= 11 is 0. The Labute approximate surface area is 132 Å². The van der Waals surface area contributed by atoms with E-state index in [2.05, 4.69) is 0 Å². The molecule has 1 rings (SSSR count). The minimum atomic E-state index is -0.722. The van der Waals surface area contributed by atoms with Crippen molar-refractivity contribution in [2.45, 2.75) is 51.1 Å². The molecule has 1 heterocycles. The molecule has 1 unspecified atom stereocenters. The molecular formula is C15H30N2O5. The first kappa shape index (κ1) is 19.3. The molecule has 0 spiro atoms. The quantitative estimate of drug-likeness (QED) is 0.540. The van der Waals surface area contributed by atoms with Crippen LogP contribution >= 0.6 is 0 Å². The predicted octanol–water partition coefficient (Wildman–Crippen LogP) is -0.246. The summed E-state index contributed by atoms with van der Waals surface area (Å²) in [7, 11) is 1.66. The van der Waals surface area contributed by atoms with Crippen molar-refractivity contribution in [3.05, 3.63) is 0 Å². The number of likely N-dealkylation sites (N-methyl/N-ethyl adjacent to an activating group) is 1. The molecule has 130 valence electrons. The standard InChI is InChI=1S/C15H30N2O5/c1-11(2)21-7-6-20-10-12(18)9-17(3)15(19)14-5-4-13(8-16)22-14/h11-14,18H,4-10,16H2,1-3H3/t12?,13-,14+/m1/s1. The lowest BCUT2D eigenvalue weighted by Gasteiger charge is -2.24. The molecule has 0 aliphatic carbocycles. The van der Waals surface area contributed by atoms with Gasteiger partial charge in [-0.25, -0.2) is 0 Å². The van der Waals surface area contributed by atoms with E-state index in [0.717, 1.165) is 6.42 Å². The van der Waals surface area contributed by atoms with E-state index >= 15 is 0 Å². The molecule has 1 aliphatic rings. The first-order valence-electron chi connectivity index (χ1n) is 7.92. The first-order chi connectivity index (χ1) is 10.4. The molecule has 22 heavy (non-hydrogen) atoms. The third kappa shape index (κ3) is 7.02. The lowest BCUT2D eigenvalue weighted by Crippen LogP contribution is -2.42. The van der Waals surface area contributed by atoms with Crippen LogP contribution in [0.5, 0.6) is 0 Å². The fourth-order valence-electron chi connectivity index (χ4n) is 2.33. The molecule has 1 saturated heterocycles. The van der Waals surface area contributed by atoms with Crippen molar-refractivity contribution in [3.8, 4) is 0 Å². The number of carbonyl (C=O) groups is 1. The molecule has 1 fully saturated rings. The van der Waals surface area contributed by atoms with Gasteiger partial charge in [0.1, 0.15) is 6.10 Å². The topological polar surface area (TPSA) is 94.2 Å². The average Bonchev–Trinajstić information content (AvgIpc) is 2.94. The maximum Gasteiger partial charge on any atom is 0.251 e. The molecule has 0 bridgehead atoms. The van der Waals surface area contributed by atoms with Gasteiger partial charge in [-0.2, -0.15) is 0 Å². The molecule has 0 saturated carbocycles. The molecule has 0 aromatic heterocycles. The number of nitrogens with two attached hydrogens (primary N) is 1. The van der Waals surface area contributed by atoms with E-state index in [9.17, 15) is 9.90 Å². The number of aliphatic hydroxyl groups excluding tert-OH is 1. The van der Waals surface area contributed by atoms with Crippen molar-refractivity contribution in [2.24, 2.45) is 5.73 Å². The minimum absolute atomic E-state index is 0.0310. The zero-order valence-electron chi connectivity index (χ0n) is 13.9. The SMILES string of the molecule is CC(C)OCCOCC(O)CN(C)C(=O)[C@@H]1CC[C@H](CN)O1. The van der Waals surface area contributed by atoms with E-state index in [0.29, 0.717) is 26.2 Å². The molecule has 1 amide bonds. The molecule has 0 radical (unpaired) electrons. The molecule has 7 nitrogen and oxygen atoms in total. The minimum Gasteiger partial charge on any atom is -0.389 e. The number of amides is 1. The van der Waals surface area contributed by atoms with Crippen molar-refractivity contribution in [1.82, 2.24) is 4.90 Å². The third-order valence-corrected chi connectivity index (χ3v) is 3.50. The Morgan fingerprint density at radius 1 is 1.41 bits per heavy atom. The Bertz CT molecular complexity index is 327. The smallest absolute Gasteiger partial charge is 0.251 e. The van der Waals surface area contributed by atoms with Crippen LogP contribution in [0.4, 0.5) is 0 Å². The summed E-state index contributed by atoms with van der Waals surface area (Å²) in [5.41, 5.74) is 5.53. The second-order valence-electron chi connectivity index (χ2n) is 5.93. The fourth-order valence-corrected chi connectivity index (χ4v) is 2.33. The molecule has 3 N–H and O–H groups in total. The Hall–Kier alpha value is -0.730. The second-order valence-corrected chi connectivity index (χ2v) is 5.93. The van der Waals surface area contributed by atoms with E-state index < -0.39 is 12.2 Å². The third-order valence-electron chi connectivity index (χ3n) is 3.50. The Morgan fingerprint density at radius 2 is 2.14 bits per heavy atom. The van der Waals surface area contributed by atoms with Gasteiger partial charge in [0.25, 0.3) is 5.91 Å². The van der Waals surface area contributed by atoms with Crippen LogP contribution in [0.15, 0.2) is 0 Å².